The summed E-state index contributed by atoms with van der Waals surface area (Å²) < 4.78 is 0. The van der Waals surface area contributed by atoms with Crippen LogP contribution in [-0.2, 0) is 0 Å². The highest BCUT2D eigenvalue weighted by molar-refractivity contribution is 8.77. The Bertz CT molecular complexity index is 42.9. The van der Waals surface area contributed by atoms with Gasteiger partial charge in [-0.15, -0.1) is 0 Å². The Labute approximate surface area is 78.9 Å². The van der Waals surface area contributed by atoms with Gasteiger partial charge in [-0.25, -0.2) is 0 Å². The van der Waals surface area contributed by atoms with Crippen molar-refractivity contribution in [2.24, 2.45) is 0 Å². The van der Waals surface area contributed by atoms with Gasteiger partial charge < -0.3 is 0 Å². The molecule has 2 aliphatic rings. The van der Waals surface area contributed by atoms with E-state index in [9.17, 15) is 0 Å². The molecule has 60 valence electrons. The van der Waals surface area contributed by atoms with Crippen LogP contribution in [0.5, 0.6) is 0 Å². The third kappa shape index (κ3) is 5.10. The first-order valence-electron chi connectivity index (χ1n) is 3.49. The first-order chi connectivity index (χ1) is 5.00. The molecule has 0 spiro atoms. The van der Waals surface area contributed by atoms with Crippen LogP contribution >= 0.6 is 43.2 Å². The zero-order chi connectivity index (χ0) is 7.07. The summed E-state index contributed by atoms with van der Waals surface area (Å²) in [5.41, 5.74) is 0. The summed E-state index contributed by atoms with van der Waals surface area (Å²) >= 11 is 0. The highest BCUT2D eigenvalue weighted by atomic mass is 33.1. The van der Waals surface area contributed by atoms with Gasteiger partial charge in [-0.1, -0.05) is 43.2 Å². The zero-order valence-corrected chi connectivity index (χ0v) is 9.14. The molecule has 0 saturated carbocycles. The molecule has 0 aliphatic carbocycles. The molecule has 0 atom stereocenters. The van der Waals surface area contributed by atoms with Gasteiger partial charge in [-0.2, -0.15) is 0 Å². The molecule has 0 aromatic rings. The molecule has 2 heterocycles. The Hall–Kier alpha value is 1.40. The lowest BCUT2D eigenvalue weighted by atomic mass is 10.6. The second kappa shape index (κ2) is 7.07. The third-order valence-corrected chi connectivity index (χ3v) is 6.23. The van der Waals surface area contributed by atoms with Crippen molar-refractivity contribution in [1.29, 1.82) is 0 Å². The van der Waals surface area contributed by atoms with Crippen LogP contribution in [0.1, 0.15) is 12.8 Å². The van der Waals surface area contributed by atoms with Gasteiger partial charge in [0.2, 0.25) is 0 Å². The first kappa shape index (κ1) is 9.49. The van der Waals surface area contributed by atoms with Gasteiger partial charge in [0.1, 0.15) is 0 Å². The van der Waals surface area contributed by atoms with Gasteiger partial charge in [0.05, 0.1) is 0 Å². The van der Waals surface area contributed by atoms with Crippen molar-refractivity contribution in [3.8, 4) is 0 Å². The standard InChI is InChI=1S/2C3H6S2/c2*1-2-4-5-3-1/h2*1-3H2. The molecule has 0 radical (unpaired) electrons. The van der Waals surface area contributed by atoms with Crippen LogP contribution in [0, 0.1) is 0 Å². The largest absolute Gasteiger partial charge is 0.0941 e. The zero-order valence-electron chi connectivity index (χ0n) is 5.88. The Balaban J connectivity index is 0.0000001000. The van der Waals surface area contributed by atoms with Crippen LogP contribution in [0.15, 0.2) is 0 Å². The molecule has 0 N–H and O–H groups in total. The minimum Gasteiger partial charge on any atom is -0.0941 e. The average Bonchev–Trinajstić information content (AvgIpc) is 2.67. The van der Waals surface area contributed by atoms with E-state index in [0.717, 1.165) is 0 Å². The number of hydrogen-bond donors (Lipinski definition) is 0. The van der Waals surface area contributed by atoms with E-state index in [0.29, 0.717) is 0 Å². The topological polar surface area (TPSA) is 0 Å². The molecule has 2 saturated heterocycles. The van der Waals surface area contributed by atoms with Crippen molar-refractivity contribution in [1.82, 2.24) is 0 Å². The molecule has 10 heavy (non-hydrogen) atoms. The molecule has 4 heteroatoms. The summed E-state index contributed by atoms with van der Waals surface area (Å²) in [6.45, 7) is 0. The molecular weight excluding hydrogens is 200 g/mol. The molecule has 0 amide bonds. The molecule has 0 unspecified atom stereocenters. The lowest BCUT2D eigenvalue weighted by Crippen LogP contribution is -1.63. The van der Waals surface area contributed by atoms with Crippen LogP contribution in [0.4, 0.5) is 0 Å². The SMILES string of the molecule is C1CSSC1.C1CSSC1. The van der Waals surface area contributed by atoms with Crippen LogP contribution in [0.2, 0.25) is 0 Å². The fraction of sp³-hybridized carbons (Fsp3) is 1.00. The van der Waals surface area contributed by atoms with Gasteiger partial charge in [0.25, 0.3) is 0 Å². The Kier molecular flexibility index (Phi) is 6.71. The number of hydrogen-bond acceptors (Lipinski definition) is 4. The van der Waals surface area contributed by atoms with Crippen LogP contribution in [0.3, 0.4) is 0 Å². The van der Waals surface area contributed by atoms with Gasteiger partial charge in [-0.05, 0) is 12.8 Å². The summed E-state index contributed by atoms with van der Waals surface area (Å²) in [6, 6.07) is 0. The van der Waals surface area contributed by atoms with E-state index in [2.05, 4.69) is 0 Å². The van der Waals surface area contributed by atoms with Crippen molar-refractivity contribution < 1.29 is 0 Å². The quantitative estimate of drug-likeness (QED) is 0.563. The second-order valence-electron chi connectivity index (χ2n) is 2.00. The monoisotopic (exact) mass is 212 g/mol. The van der Waals surface area contributed by atoms with E-state index >= 15 is 0 Å². The third-order valence-electron chi connectivity index (χ3n) is 1.08. The van der Waals surface area contributed by atoms with E-state index in [1.54, 1.807) is 0 Å². The van der Waals surface area contributed by atoms with Crippen molar-refractivity contribution in [3.05, 3.63) is 0 Å². The van der Waals surface area contributed by atoms with E-state index in [4.69, 9.17) is 0 Å². The fourth-order valence-electron chi connectivity index (χ4n) is 0.589. The minimum atomic E-state index is 1.38. The maximum Gasteiger partial charge on any atom is 0.00450 e. The van der Waals surface area contributed by atoms with Gasteiger partial charge in [0, 0.05) is 23.0 Å². The van der Waals surface area contributed by atoms with Crippen LogP contribution in [0.25, 0.3) is 0 Å². The first-order valence-corrected chi connectivity index (χ1v) is 8.46. The predicted molar refractivity (Wildman–Crippen MR) is 59.1 cm³/mol. The van der Waals surface area contributed by atoms with Gasteiger partial charge >= 0.3 is 0 Å². The summed E-state index contributed by atoms with van der Waals surface area (Å²) in [4.78, 5) is 0. The summed E-state index contributed by atoms with van der Waals surface area (Å²) in [5.74, 6) is 5.52. The summed E-state index contributed by atoms with van der Waals surface area (Å²) in [5, 5.41) is 0. The number of rotatable bonds is 0. The molecule has 2 fully saturated rings. The lowest BCUT2D eigenvalue weighted by molar-refractivity contribution is 1.15. The lowest BCUT2D eigenvalue weighted by Gasteiger charge is -1.69. The molecule has 0 nitrogen and oxygen atoms in total. The van der Waals surface area contributed by atoms with E-state index in [1.165, 1.54) is 35.9 Å². The Morgan fingerprint density at radius 1 is 0.500 bits per heavy atom. The van der Waals surface area contributed by atoms with E-state index < -0.39 is 0 Å². The second-order valence-corrected chi connectivity index (χ2v) is 7.40. The maximum absolute atomic E-state index is 1.99. The molecule has 2 rings (SSSR count). The van der Waals surface area contributed by atoms with E-state index in [-0.39, 0.29) is 0 Å². The Morgan fingerprint density at radius 2 is 0.800 bits per heavy atom. The molecule has 0 bridgehead atoms. The molecule has 0 aromatic carbocycles. The molecular formula is C6H12S4. The average molecular weight is 212 g/mol. The summed E-state index contributed by atoms with van der Waals surface area (Å²) in [6.07, 6.45) is 2.85. The van der Waals surface area contributed by atoms with Crippen molar-refractivity contribution in [2.75, 3.05) is 23.0 Å². The van der Waals surface area contributed by atoms with Crippen molar-refractivity contribution in [3.63, 3.8) is 0 Å². The smallest absolute Gasteiger partial charge is 0.00450 e. The van der Waals surface area contributed by atoms with Gasteiger partial charge in [0.15, 0.2) is 0 Å². The van der Waals surface area contributed by atoms with Gasteiger partial charge in [-0.3, -0.25) is 0 Å². The normalized spacial score (nSPS) is 24.0. The van der Waals surface area contributed by atoms with Crippen molar-refractivity contribution >= 4 is 43.2 Å². The van der Waals surface area contributed by atoms with Crippen LogP contribution in [-0.4, -0.2) is 23.0 Å². The highest BCUT2D eigenvalue weighted by Gasteiger charge is 1.97. The van der Waals surface area contributed by atoms with E-state index in [1.807, 2.05) is 43.2 Å². The predicted octanol–water partition coefficient (Wildman–Crippen LogP) is 3.54. The fourth-order valence-corrected chi connectivity index (χ4v) is 5.30. The van der Waals surface area contributed by atoms with Crippen LogP contribution < -0.4 is 0 Å². The Morgan fingerprint density at radius 3 is 0.900 bits per heavy atom. The maximum atomic E-state index is 1.99. The minimum absolute atomic E-state index is 1.38. The molecule has 0 aromatic heterocycles. The highest BCUT2D eigenvalue weighted by Crippen LogP contribution is 2.30. The summed E-state index contributed by atoms with van der Waals surface area (Å²) in [7, 11) is 7.96. The molecule has 2 aliphatic heterocycles. The van der Waals surface area contributed by atoms with Crippen molar-refractivity contribution in [2.45, 2.75) is 12.8 Å².